The molecule has 0 aromatic carbocycles. The van der Waals surface area contributed by atoms with Crippen molar-refractivity contribution in [3.63, 3.8) is 0 Å². The molecule has 7 rings (SSSR count). The third kappa shape index (κ3) is 5.66. The minimum absolute atomic E-state index is 0.0603. The summed E-state index contributed by atoms with van der Waals surface area (Å²) in [5.74, 6) is -2.21. The first-order valence-corrected chi connectivity index (χ1v) is 18.2. The van der Waals surface area contributed by atoms with Crippen molar-refractivity contribution in [1.29, 1.82) is 0 Å². The topological polar surface area (TPSA) is 322 Å². The number of fused-ring (bicyclic) bond motifs is 4. The van der Waals surface area contributed by atoms with Gasteiger partial charge in [0.15, 0.2) is 36.0 Å². The molecule has 7 heterocycles. The van der Waals surface area contributed by atoms with Crippen molar-refractivity contribution in [3.05, 3.63) is 12.7 Å². The first-order chi connectivity index (χ1) is 21.7. The fourth-order valence-electron chi connectivity index (χ4n) is 5.32. The van der Waals surface area contributed by atoms with Gasteiger partial charge in [0.1, 0.15) is 48.7 Å². The van der Waals surface area contributed by atoms with E-state index in [-0.39, 0.29) is 34.2 Å². The quantitative estimate of drug-likeness (QED) is 0.0874. The van der Waals surface area contributed by atoms with Crippen LogP contribution in [0.4, 0.5) is 11.9 Å². The Morgan fingerprint density at radius 1 is 0.739 bits per heavy atom. The monoisotopic (exact) mass is 720 g/mol. The number of nitrogen functional groups attached to an aromatic ring is 2. The first-order valence-electron chi connectivity index (χ1n) is 13.0. The zero-order valence-electron chi connectivity index (χ0n) is 22.7. The van der Waals surface area contributed by atoms with E-state index in [9.17, 15) is 30.2 Å². The summed E-state index contributed by atoms with van der Waals surface area (Å²) < 4.78 is 36.6. The Morgan fingerprint density at radius 3 is 1.52 bits per heavy atom. The van der Waals surface area contributed by atoms with E-state index in [4.69, 9.17) is 63.5 Å². The molecule has 8 N–H and O–H groups in total. The van der Waals surface area contributed by atoms with E-state index in [0.29, 0.717) is 0 Å². The van der Waals surface area contributed by atoms with Gasteiger partial charge in [0, 0.05) is 11.8 Å². The standard InChI is InChI=1S/C20H24N10O12P2S2/c21-19-25-13-7(15(33)27-19)23-3-29(13)17-9(31)11-5(39-17)1-37-43(35,45)42-12-6(2-38-44(36,46)41-11)40-18(10(12)32)30-4-24-8-14(30)26-20(22)28-16(8)34/h3-6,9-12,17-18,31-32H,1-2H2,(H,35,45)(H,36,46)(H3,21,25,27,33)(H3,22,26,28,34)/p-2/t5-,6-,9-,10-,11-,12-,17-,18-,43?,44?/m1/s1. The zero-order valence-corrected chi connectivity index (χ0v) is 26.1. The summed E-state index contributed by atoms with van der Waals surface area (Å²) in [4.78, 5) is 45.0. The van der Waals surface area contributed by atoms with Crippen LogP contribution in [-0.2, 0) is 52.1 Å². The maximum atomic E-state index is 12.2. The molecule has 4 aromatic rings. The van der Waals surface area contributed by atoms with Gasteiger partial charge in [-0.3, -0.25) is 9.13 Å². The van der Waals surface area contributed by atoms with Gasteiger partial charge in [0.2, 0.25) is 11.9 Å². The molecule has 0 saturated carbocycles. The number of aromatic nitrogens is 8. The fourth-order valence-corrected chi connectivity index (χ4v) is 8.21. The molecule has 0 amide bonds. The average molecular weight is 721 g/mol. The number of aliphatic hydroxyl groups excluding tert-OH is 2. The molecular weight excluding hydrogens is 698 g/mol. The summed E-state index contributed by atoms with van der Waals surface area (Å²) in [5, 5.41) is 46.9. The van der Waals surface area contributed by atoms with E-state index in [1.807, 2.05) is 0 Å². The fraction of sp³-hybridized carbons (Fsp3) is 0.500. The van der Waals surface area contributed by atoms with Crippen molar-refractivity contribution < 1.29 is 57.8 Å². The lowest BCUT2D eigenvalue weighted by molar-refractivity contribution is -0.273. The highest BCUT2D eigenvalue weighted by atomic mass is 32.7. The lowest BCUT2D eigenvalue weighted by atomic mass is 10.1. The Bertz CT molecular complexity index is 1680. The predicted octanol–water partition coefficient (Wildman–Crippen LogP) is -3.25. The van der Waals surface area contributed by atoms with E-state index < -0.39 is 88.3 Å². The molecule has 248 valence electrons. The number of nitrogens with zero attached hydrogens (tertiary/aromatic N) is 8. The van der Waals surface area contributed by atoms with Crippen LogP contribution in [0.5, 0.6) is 11.8 Å². The second-order valence-electron chi connectivity index (χ2n) is 10.2. The van der Waals surface area contributed by atoms with Crippen LogP contribution in [0.1, 0.15) is 12.5 Å². The number of ether oxygens (including phenoxy) is 2. The van der Waals surface area contributed by atoms with Crippen molar-refractivity contribution in [2.45, 2.75) is 49.1 Å². The molecule has 2 unspecified atom stereocenters. The highest BCUT2D eigenvalue weighted by Crippen LogP contribution is 2.61. The molecule has 22 nitrogen and oxygen atoms in total. The maximum absolute atomic E-state index is 12.2. The van der Waals surface area contributed by atoms with Gasteiger partial charge >= 0.3 is 0 Å². The van der Waals surface area contributed by atoms with Crippen molar-refractivity contribution >= 4 is 73.0 Å². The Morgan fingerprint density at radius 2 is 1.13 bits per heavy atom. The van der Waals surface area contributed by atoms with Crippen LogP contribution in [0.15, 0.2) is 12.7 Å². The highest BCUT2D eigenvalue weighted by molar-refractivity contribution is 8.35. The van der Waals surface area contributed by atoms with Gasteiger partial charge in [-0.05, 0) is 0 Å². The highest BCUT2D eigenvalue weighted by Gasteiger charge is 2.55. The zero-order chi connectivity index (χ0) is 32.7. The second-order valence-corrected chi connectivity index (χ2v) is 15.8. The van der Waals surface area contributed by atoms with E-state index >= 15 is 0 Å². The molecule has 3 fully saturated rings. The Labute approximate surface area is 267 Å². The van der Waals surface area contributed by atoms with Crippen LogP contribution < -0.4 is 21.7 Å². The minimum Gasteiger partial charge on any atom is -0.857 e. The van der Waals surface area contributed by atoms with Gasteiger partial charge in [-0.1, -0.05) is 0 Å². The van der Waals surface area contributed by atoms with Crippen LogP contribution in [0.3, 0.4) is 0 Å². The van der Waals surface area contributed by atoms with Crippen LogP contribution in [0, 0.1) is 0 Å². The van der Waals surface area contributed by atoms with Gasteiger partial charge in [-0.2, -0.15) is 28.1 Å². The first kappa shape index (κ1) is 32.0. The Kier molecular flexibility index (Phi) is 8.05. The Hall–Kier alpha value is -2.54. The number of aliphatic hydroxyl groups is 2. The molecule has 0 bridgehead atoms. The number of imidazole rings is 2. The molecule has 46 heavy (non-hydrogen) atoms. The lowest BCUT2D eigenvalue weighted by Gasteiger charge is -2.32. The number of rotatable bonds is 2. The minimum atomic E-state index is -4.22. The smallest absolute Gasteiger partial charge is 0.287 e. The second kappa shape index (κ2) is 11.6. The molecule has 3 aliphatic heterocycles. The normalized spacial score (nSPS) is 37.2. The molecule has 26 heteroatoms. The van der Waals surface area contributed by atoms with E-state index in [1.54, 1.807) is 0 Å². The largest absolute Gasteiger partial charge is 0.857 e. The van der Waals surface area contributed by atoms with Gasteiger partial charge in [0.05, 0.1) is 12.7 Å². The molecule has 0 spiro atoms. The average Bonchev–Trinajstić information content (AvgIpc) is 3.72. The van der Waals surface area contributed by atoms with Crippen LogP contribution in [0.25, 0.3) is 22.3 Å². The summed E-state index contributed by atoms with van der Waals surface area (Å²) in [6.45, 7) is -1.16. The summed E-state index contributed by atoms with van der Waals surface area (Å²) in [6.07, 6.45) is -8.99. The van der Waals surface area contributed by atoms with Crippen molar-refractivity contribution in [2.75, 3.05) is 24.7 Å². The Balaban J connectivity index is 1.16. The van der Waals surface area contributed by atoms with Crippen molar-refractivity contribution in [1.82, 2.24) is 39.0 Å². The summed E-state index contributed by atoms with van der Waals surface area (Å²) in [6, 6.07) is 0. The molecule has 3 saturated heterocycles. The van der Waals surface area contributed by atoms with Crippen LogP contribution in [-0.4, -0.2) is 109 Å². The maximum Gasteiger partial charge on any atom is 0.287 e. The third-order valence-corrected chi connectivity index (χ3v) is 10.4. The summed E-state index contributed by atoms with van der Waals surface area (Å²) in [7, 11) is -8.45. The molecule has 0 aliphatic carbocycles. The van der Waals surface area contributed by atoms with E-state index in [0.717, 1.165) is 12.7 Å². The van der Waals surface area contributed by atoms with E-state index in [1.165, 1.54) is 9.13 Å². The number of hydrogen-bond donors (Lipinski definition) is 6. The van der Waals surface area contributed by atoms with Gasteiger partial charge in [-0.25, -0.2) is 29.7 Å². The van der Waals surface area contributed by atoms with Crippen molar-refractivity contribution in [3.8, 4) is 11.8 Å². The number of nitrogens with two attached hydrogens (primary N) is 2. The molecule has 3 aliphatic rings. The molecule has 10 atom stereocenters. The molecule has 4 aromatic heterocycles. The number of anilines is 2. The van der Waals surface area contributed by atoms with Crippen molar-refractivity contribution in [2.24, 2.45) is 0 Å². The lowest BCUT2D eigenvalue weighted by Crippen LogP contribution is -2.40. The van der Waals surface area contributed by atoms with E-state index in [2.05, 4.69) is 29.9 Å². The predicted molar refractivity (Wildman–Crippen MR) is 153 cm³/mol. The third-order valence-electron chi connectivity index (χ3n) is 7.29. The van der Waals surface area contributed by atoms with Crippen LogP contribution in [0.2, 0.25) is 0 Å². The van der Waals surface area contributed by atoms with Gasteiger partial charge < -0.3 is 65.9 Å². The SMILES string of the molecule is Nc1nc([O-])c2ncn([C@@H]3O[C@@H]4CO[P+](O)([S-])O[C@H]5[C@@H](O)[C@H](n6cnc7c([O-])nc(N)nc76)O[C@@H]5CO[P+](O)([S-])O[C@H]4[C@H]3O)c2n1. The molecular formula is C20H22N10O12P2S2-2. The van der Waals surface area contributed by atoms with Crippen LogP contribution >= 0.6 is 14.3 Å². The molecule has 0 radical (unpaired) electrons. The summed E-state index contributed by atoms with van der Waals surface area (Å²) in [5.41, 5.74) is 10.8. The van der Waals surface area contributed by atoms with Gasteiger partial charge in [0.25, 0.3) is 14.3 Å². The summed E-state index contributed by atoms with van der Waals surface area (Å²) >= 11 is 10.4. The van der Waals surface area contributed by atoms with Gasteiger partial charge in [-0.15, -0.1) is 0 Å². The number of hydrogen-bond acceptors (Lipinski definition) is 22.